The minimum absolute atomic E-state index is 0.0231. The van der Waals surface area contributed by atoms with Crippen molar-refractivity contribution in [2.75, 3.05) is 19.6 Å². The van der Waals surface area contributed by atoms with Crippen molar-refractivity contribution in [1.82, 2.24) is 15.2 Å². The van der Waals surface area contributed by atoms with E-state index in [9.17, 15) is 4.79 Å². The highest BCUT2D eigenvalue weighted by molar-refractivity contribution is 5.94. The van der Waals surface area contributed by atoms with Crippen molar-refractivity contribution in [3.05, 3.63) is 71.4 Å². The molecule has 152 valence electrons. The van der Waals surface area contributed by atoms with E-state index in [4.69, 9.17) is 4.74 Å². The van der Waals surface area contributed by atoms with Crippen LogP contribution < -0.4 is 5.32 Å². The fraction of sp³-hybridized carbons (Fsp3) is 0.375. The van der Waals surface area contributed by atoms with Crippen LogP contribution >= 0.6 is 0 Å². The highest BCUT2D eigenvalue weighted by atomic mass is 16.5. The van der Waals surface area contributed by atoms with Crippen molar-refractivity contribution in [2.45, 2.75) is 39.0 Å². The van der Waals surface area contributed by atoms with Gasteiger partial charge in [-0.15, -0.1) is 0 Å². The second kappa shape index (κ2) is 8.80. The zero-order valence-electron chi connectivity index (χ0n) is 17.2. The molecule has 2 atom stereocenters. The molecule has 0 saturated carbocycles. The number of aromatic amines is 1. The van der Waals surface area contributed by atoms with Crippen molar-refractivity contribution >= 4 is 16.8 Å². The molecule has 0 radical (unpaired) electrons. The number of fused-ring (bicyclic) bond motifs is 1. The Kier molecular flexibility index (Phi) is 5.97. The molecule has 1 aliphatic heterocycles. The van der Waals surface area contributed by atoms with Crippen molar-refractivity contribution in [1.29, 1.82) is 0 Å². The van der Waals surface area contributed by atoms with Crippen LogP contribution in [0.25, 0.3) is 10.9 Å². The maximum absolute atomic E-state index is 12.5. The Morgan fingerprint density at radius 3 is 2.59 bits per heavy atom. The number of H-pyrrole nitrogens is 1. The van der Waals surface area contributed by atoms with E-state index in [0.717, 1.165) is 31.6 Å². The van der Waals surface area contributed by atoms with Gasteiger partial charge < -0.3 is 15.0 Å². The molecule has 1 fully saturated rings. The first-order chi connectivity index (χ1) is 14.1. The minimum atomic E-state index is -0.0231. The predicted octanol–water partition coefficient (Wildman–Crippen LogP) is 3.75. The third-order valence-electron chi connectivity index (χ3n) is 5.47. The normalized spacial score (nSPS) is 20.1. The van der Waals surface area contributed by atoms with Crippen LogP contribution in [-0.4, -0.2) is 47.6 Å². The molecule has 1 aromatic heterocycles. The predicted molar refractivity (Wildman–Crippen MR) is 116 cm³/mol. The second-order valence-electron chi connectivity index (χ2n) is 8.01. The average molecular weight is 392 g/mol. The first-order valence-corrected chi connectivity index (χ1v) is 10.4. The summed E-state index contributed by atoms with van der Waals surface area (Å²) in [7, 11) is 0. The Bertz CT molecular complexity index is 954. The van der Waals surface area contributed by atoms with Crippen LogP contribution in [0.1, 0.15) is 35.3 Å². The Labute approximate surface area is 172 Å². The van der Waals surface area contributed by atoms with E-state index >= 15 is 0 Å². The summed E-state index contributed by atoms with van der Waals surface area (Å²) in [5, 5.41) is 4.25. The van der Waals surface area contributed by atoms with Gasteiger partial charge in [0.05, 0.1) is 12.2 Å². The number of hydrogen-bond donors (Lipinski definition) is 2. The Hall–Kier alpha value is -2.63. The van der Waals surface area contributed by atoms with Gasteiger partial charge in [-0.05, 0) is 49.6 Å². The zero-order chi connectivity index (χ0) is 20.2. The lowest BCUT2D eigenvalue weighted by Crippen LogP contribution is -2.44. The van der Waals surface area contributed by atoms with E-state index in [1.165, 1.54) is 16.5 Å². The van der Waals surface area contributed by atoms with Gasteiger partial charge in [-0.3, -0.25) is 9.69 Å². The molecule has 3 aromatic rings. The molecular formula is C24H29N3O2. The van der Waals surface area contributed by atoms with Crippen LogP contribution in [0, 0.1) is 0 Å². The van der Waals surface area contributed by atoms with E-state index < -0.39 is 0 Å². The molecule has 29 heavy (non-hydrogen) atoms. The van der Waals surface area contributed by atoms with Crippen LogP contribution in [0.4, 0.5) is 0 Å². The van der Waals surface area contributed by atoms with Crippen molar-refractivity contribution in [3.8, 4) is 0 Å². The second-order valence-corrected chi connectivity index (χ2v) is 8.01. The van der Waals surface area contributed by atoms with Crippen LogP contribution in [0.2, 0.25) is 0 Å². The largest absolute Gasteiger partial charge is 0.373 e. The number of ether oxygens (including phenoxy) is 1. The molecule has 2 unspecified atom stereocenters. The van der Waals surface area contributed by atoms with Gasteiger partial charge in [-0.2, -0.15) is 0 Å². The summed E-state index contributed by atoms with van der Waals surface area (Å²) in [6.07, 6.45) is 3.36. The molecule has 1 saturated heterocycles. The Morgan fingerprint density at radius 2 is 1.83 bits per heavy atom. The maximum atomic E-state index is 12.5. The van der Waals surface area contributed by atoms with Crippen LogP contribution in [-0.2, 0) is 17.7 Å². The first-order valence-electron chi connectivity index (χ1n) is 10.4. The number of rotatable bonds is 6. The number of amides is 1. The summed E-state index contributed by atoms with van der Waals surface area (Å²) >= 11 is 0. The lowest BCUT2D eigenvalue weighted by molar-refractivity contribution is -0.0704. The third-order valence-corrected chi connectivity index (χ3v) is 5.47. The van der Waals surface area contributed by atoms with Gasteiger partial charge in [0.1, 0.15) is 0 Å². The lowest BCUT2D eigenvalue weighted by atomic mass is 10.1. The van der Waals surface area contributed by atoms with Gasteiger partial charge >= 0.3 is 0 Å². The van der Waals surface area contributed by atoms with Crippen molar-refractivity contribution in [3.63, 3.8) is 0 Å². The zero-order valence-corrected chi connectivity index (χ0v) is 17.2. The smallest absolute Gasteiger partial charge is 0.251 e. The molecule has 4 rings (SSSR count). The molecule has 0 spiro atoms. The van der Waals surface area contributed by atoms with Gasteiger partial charge in [0.2, 0.25) is 0 Å². The molecule has 2 heterocycles. The summed E-state index contributed by atoms with van der Waals surface area (Å²) in [6, 6.07) is 16.2. The van der Waals surface area contributed by atoms with Crippen LogP contribution in [0.5, 0.6) is 0 Å². The maximum Gasteiger partial charge on any atom is 0.251 e. The fourth-order valence-corrected chi connectivity index (χ4v) is 4.18. The first kappa shape index (κ1) is 19.7. The van der Waals surface area contributed by atoms with E-state index in [1.54, 1.807) is 0 Å². The average Bonchev–Trinajstić information content (AvgIpc) is 3.11. The summed E-state index contributed by atoms with van der Waals surface area (Å²) in [5.74, 6) is -0.0231. The fourth-order valence-electron chi connectivity index (χ4n) is 4.18. The van der Waals surface area contributed by atoms with Gasteiger partial charge in [0.25, 0.3) is 5.91 Å². The molecule has 5 nitrogen and oxygen atoms in total. The van der Waals surface area contributed by atoms with Gasteiger partial charge in [0, 0.05) is 48.8 Å². The molecule has 0 aliphatic carbocycles. The molecule has 1 amide bonds. The topological polar surface area (TPSA) is 57.4 Å². The third kappa shape index (κ3) is 4.86. The van der Waals surface area contributed by atoms with E-state index in [-0.39, 0.29) is 18.1 Å². The summed E-state index contributed by atoms with van der Waals surface area (Å²) in [4.78, 5) is 18.2. The molecule has 2 N–H and O–H groups in total. The number of carbonyl (C=O) groups is 1. The summed E-state index contributed by atoms with van der Waals surface area (Å²) in [5.41, 5.74) is 4.29. The van der Waals surface area contributed by atoms with E-state index in [1.807, 2.05) is 30.5 Å². The highest BCUT2D eigenvalue weighted by Gasteiger charge is 2.22. The summed E-state index contributed by atoms with van der Waals surface area (Å²) in [6.45, 7) is 7.63. The highest BCUT2D eigenvalue weighted by Crippen LogP contribution is 2.18. The Morgan fingerprint density at radius 1 is 1.10 bits per heavy atom. The van der Waals surface area contributed by atoms with Crippen molar-refractivity contribution < 1.29 is 9.53 Å². The Balaban J connectivity index is 1.29. The van der Waals surface area contributed by atoms with Gasteiger partial charge in [0.15, 0.2) is 0 Å². The number of morpholine rings is 1. The van der Waals surface area contributed by atoms with Gasteiger partial charge in [-0.25, -0.2) is 0 Å². The quantitative estimate of drug-likeness (QED) is 0.673. The number of carbonyl (C=O) groups excluding carboxylic acids is 1. The summed E-state index contributed by atoms with van der Waals surface area (Å²) < 4.78 is 5.80. The number of aromatic nitrogens is 1. The number of benzene rings is 2. The molecule has 0 bridgehead atoms. The molecular weight excluding hydrogens is 362 g/mol. The standard InChI is InChI=1S/C24H29N3O2/c1-17-14-27(15-18(2)29-17)16-19-7-9-20(10-8-19)24(28)25-12-11-21-13-26-23-6-4-3-5-22(21)23/h3-10,13,17-18,26H,11-12,14-16H2,1-2H3,(H,25,28). The molecule has 5 heteroatoms. The minimum Gasteiger partial charge on any atom is -0.373 e. The van der Waals surface area contributed by atoms with E-state index in [2.05, 4.69) is 53.3 Å². The SMILES string of the molecule is CC1CN(Cc2ccc(C(=O)NCCc3c[nH]c4ccccc34)cc2)CC(C)O1. The molecule has 1 aliphatic rings. The van der Waals surface area contributed by atoms with Crippen LogP contribution in [0.3, 0.4) is 0 Å². The van der Waals surface area contributed by atoms with E-state index in [0.29, 0.717) is 12.1 Å². The number of hydrogen-bond acceptors (Lipinski definition) is 3. The number of para-hydroxylation sites is 1. The lowest BCUT2D eigenvalue weighted by Gasteiger charge is -2.35. The molecule has 2 aromatic carbocycles. The van der Waals surface area contributed by atoms with Gasteiger partial charge in [-0.1, -0.05) is 30.3 Å². The number of nitrogens with zero attached hydrogens (tertiary/aromatic N) is 1. The monoisotopic (exact) mass is 391 g/mol. The van der Waals surface area contributed by atoms with Crippen molar-refractivity contribution in [2.24, 2.45) is 0 Å². The number of nitrogens with one attached hydrogen (secondary N) is 2. The van der Waals surface area contributed by atoms with Crippen LogP contribution in [0.15, 0.2) is 54.7 Å².